The molecule has 0 aliphatic heterocycles. The van der Waals surface area contributed by atoms with Gasteiger partial charge in [0.1, 0.15) is 11.6 Å². The lowest BCUT2D eigenvalue weighted by Gasteiger charge is -2.24. The molecule has 17 heavy (non-hydrogen) atoms. The molecular formula is C13H17F2NO. The maximum atomic E-state index is 13.0. The van der Waals surface area contributed by atoms with Crippen molar-refractivity contribution in [1.82, 2.24) is 0 Å². The van der Waals surface area contributed by atoms with Gasteiger partial charge in [0.2, 0.25) is 0 Å². The van der Waals surface area contributed by atoms with Crippen molar-refractivity contribution in [3.8, 4) is 0 Å². The Labute approximate surface area is 99.8 Å². The number of rotatable bonds is 5. The molecule has 1 aromatic rings. The van der Waals surface area contributed by atoms with Gasteiger partial charge < -0.3 is 5.73 Å². The van der Waals surface area contributed by atoms with Crippen LogP contribution in [0.3, 0.4) is 0 Å². The van der Waals surface area contributed by atoms with E-state index in [0.717, 1.165) is 18.2 Å². The minimum Gasteiger partial charge on any atom is -0.319 e. The maximum Gasteiger partial charge on any atom is 0.156 e. The van der Waals surface area contributed by atoms with Crippen LogP contribution in [0.2, 0.25) is 0 Å². The second-order valence-electron chi connectivity index (χ2n) is 4.24. The van der Waals surface area contributed by atoms with Crippen molar-refractivity contribution in [2.24, 2.45) is 5.73 Å². The maximum absolute atomic E-state index is 13.0. The van der Waals surface area contributed by atoms with Crippen molar-refractivity contribution in [3.05, 3.63) is 35.4 Å². The van der Waals surface area contributed by atoms with Crippen LogP contribution in [0, 0.1) is 11.6 Å². The Morgan fingerprint density at radius 2 is 1.65 bits per heavy atom. The highest BCUT2D eigenvalue weighted by molar-refractivity contribution is 5.89. The zero-order valence-electron chi connectivity index (χ0n) is 10.1. The van der Waals surface area contributed by atoms with Crippen LogP contribution in [0.25, 0.3) is 0 Å². The minimum atomic E-state index is -0.900. The van der Waals surface area contributed by atoms with Gasteiger partial charge in [-0.15, -0.1) is 0 Å². The van der Waals surface area contributed by atoms with Crippen molar-refractivity contribution < 1.29 is 13.6 Å². The van der Waals surface area contributed by atoms with Gasteiger partial charge in [0.05, 0.1) is 5.54 Å². The van der Waals surface area contributed by atoms with Crippen molar-refractivity contribution in [3.63, 3.8) is 0 Å². The lowest BCUT2D eigenvalue weighted by Crippen LogP contribution is -2.47. The second-order valence-corrected chi connectivity index (χ2v) is 4.24. The van der Waals surface area contributed by atoms with E-state index in [9.17, 15) is 13.6 Å². The fourth-order valence-corrected chi connectivity index (χ4v) is 1.72. The summed E-state index contributed by atoms with van der Waals surface area (Å²) in [5.74, 6) is -1.54. The fraction of sp³-hybridized carbons (Fsp3) is 0.462. The molecule has 2 N–H and O–H groups in total. The van der Waals surface area contributed by atoms with E-state index in [0.29, 0.717) is 18.4 Å². The number of hydrogen-bond acceptors (Lipinski definition) is 2. The molecule has 0 heterocycles. The van der Waals surface area contributed by atoms with Crippen LogP contribution in [-0.2, 0) is 11.2 Å². The number of halogens is 2. The SMILES string of the molecule is CCC(N)(CC)C(=O)Cc1cc(F)cc(F)c1. The van der Waals surface area contributed by atoms with Crippen LogP contribution in [0.5, 0.6) is 0 Å². The molecule has 0 spiro atoms. The summed E-state index contributed by atoms with van der Waals surface area (Å²) in [4.78, 5) is 11.9. The summed E-state index contributed by atoms with van der Waals surface area (Å²) >= 11 is 0. The average Bonchev–Trinajstić information content (AvgIpc) is 2.26. The van der Waals surface area contributed by atoms with Crippen LogP contribution in [0.15, 0.2) is 18.2 Å². The second kappa shape index (κ2) is 5.36. The number of carbonyl (C=O) groups excluding carboxylic acids is 1. The molecule has 1 rings (SSSR count). The number of nitrogens with two attached hydrogens (primary N) is 1. The van der Waals surface area contributed by atoms with Crippen LogP contribution in [0.1, 0.15) is 32.3 Å². The van der Waals surface area contributed by atoms with Gasteiger partial charge in [0.25, 0.3) is 0 Å². The van der Waals surface area contributed by atoms with Crippen LogP contribution < -0.4 is 5.73 Å². The quantitative estimate of drug-likeness (QED) is 0.861. The Balaban J connectivity index is 2.87. The Morgan fingerprint density at radius 3 is 2.06 bits per heavy atom. The summed E-state index contributed by atoms with van der Waals surface area (Å²) in [5.41, 5.74) is 5.35. The number of Topliss-reactive ketones (excluding diaryl/α,β-unsaturated/α-hetero) is 1. The van der Waals surface area contributed by atoms with E-state index < -0.39 is 17.2 Å². The molecule has 0 aliphatic carbocycles. The molecule has 0 amide bonds. The largest absolute Gasteiger partial charge is 0.319 e. The van der Waals surface area contributed by atoms with Crippen LogP contribution in [0.4, 0.5) is 8.78 Å². The molecule has 0 fully saturated rings. The number of benzene rings is 1. The van der Waals surface area contributed by atoms with E-state index >= 15 is 0 Å². The van der Waals surface area contributed by atoms with Crippen LogP contribution in [-0.4, -0.2) is 11.3 Å². The van der Waals surface area contributed by atoms with Gasteiger partial charge in [-0.3, -0.25) is 4.79 Å². The lowest BCUT2D eigenvalue weighted by molar-refractivity contribution is -0.123. The molecule has 0 atom stereocenters. The monoisotopic (exact) mass is 241 g/mol. The van der Waals surface area contributed by atoms with Gasteiger partial charge in [0, 0.05) is 12.5 Å². The molecule has 0 saturated carbocycles. The van der Waals surface area contributed by atoms with Gasteiger partial charge in [-0.05, 0) is 30.5 Å². The first-order chi connectivity index (χ1) is 7.91. The van der Waals surface area contributed by atoms with E-state index in [1.165, 1.54) is 0 Å². The Bertz CT molecular complexity index is 394. The van der Waals surface area contributed by atoms with Gasteiger partial charge in [-0.1, -0.05) is 13.8 Å². The Hall–Kier alpha value is -1.29. The first kappa shape index (κ1) is 13.8. The molecule has 0 bridgehead atoms. The number of ketones is 1. The smallest absolute Gasteiger partial charge is 0.156 e. The van der Waals surface area contributed by atoms with E-state index in [4.69, 9.17) is 5.73 Å². The van der Waals surface area contributed by atoms with E-state index in [2.05, 4.69) is 0 Å². The van der Waals surface area contributed by atoms with E-state index in [-0.39, 0.29) is 12.2 Å². The number of carbonyl (C=O) groups is 1. The zero-order chi connectivity index (χ0) is 13.1. The third-order valence-corrected chi connectivity index (χ3v) is 3.10. The molecule has 4 heteroatoms. The summed E-state index contributed by atoms with van der Waals surface area (Å²) in [6.07, 6.45) is 0.993. The highest BCUT2D eigenvalue weighted by Crippen LogP contribution is 2.17. The normalized spacial score (nSPS) is 11.6. The van der Waals surface area contributed by atoms with Gasteiger partial charge in [-0.2, -0.15) is 0 Å². The predicted octanol–water partition coefficient (Wildman–Crippen LogP) is 2.59. The molecule has 0 aliphatic rings. The average molecular weight is 241 g/mol. The molecule has 0 saturated heterocycles. The molecule has 2 nitrogen and oxygen atoms in total. The van der Waals surface area contributed by atoms with Crippen molar-refractivity contribution in [2.45, 2.75) is 38.6 Å². The third kappa shape index (κ3) is 3.33. The standard InChI is InChI=1S/C13H17F2NO/c1-3-13(16,4-2)12(17)7-9-5-10(14)8-11(15)6-9/h5-6,8H,3-4,7,16H2,1-2H3. The summed E-state index contributed by atoms with van der Waals surface area (Å²) in [6.45, 7) is 3.65. The van der Waals surface area contributed by atoms with Gasteiger partial charge >= 0.3 is 0 Å². The van der Waals surface area contributed by atoms with Gasteiger partial charge in [-0.25, -0.2) is 8.78 Å². The Kier molecular flexibility index (Phi) is 4.34. The topological polar surface area (TPSA) is 43.1 Å². The van der Waals surface area contributed by atoms with Crippen LogP contribution >= 0.6 is 0 Å². The first-order valence-electron chi connectivity index (χ1n) is 5.68. The fourth-order valence-electron chi connectivity index (χ4n) is 1.72. The number of hydrogen-bond donors (Lipinski definition) is 1. The van der Waals surface area contributed by atoms with Gasteiger partial charge in [0.15, 0.2) is 5.78 Å². The van der Waals surface area contributed by atoms with E-state index in [1.54, 1.807) is 0 Å². The predicted molar refractivity (Wildman–Crippen MR) is 62.6 cm³/mol. The zero-order valence-corrected chi connectivity index (χ0v) is 10.1. The molecule has 0 radical (unpaired) electrons. The summed E-state index contributed by atoms with van der Waals surface area (Å²) in [5, 5.41) is 0. The summed E-state index contributed by atoms with van der Waals surface area (Å²) in [6, 6.07) is 3.10. The van der Waals surface area contributed by atoms with Crippen molar-refractivity contribution >= 4 is 5.78 Å². The third-order valence-electron chi connectivity index (χ3n) is 3.10. The lowest BCUT2D eigenvalue weighted by atomic mass is 9.86. The molecular weight excluding hydrogens is 224 g/mol. The molecule has 94 valence electrons. The first-order valence-corrected chi connectivity index (χ1v) is 5.68. The minimum absolute atomic E-state index is 0.0349. The van der Waals surface area contributed by atoms with E-state index in [1.807, 2.05) is 13.8 Å². The molecule has 0 aromatic heterocycles. The highest BCUT2D eigenvalue weighted by Gasteiger charge is 2.29. The molecule has 1 aromatic carbocycles. The van der Waals surface area contributed by atoms with Crippen molar-refractivity contribution in [2.75, 3.05) is 0 Å². The Morgan fingerprint density at radius 1 is 1.18 bits per heavy atom. The highest BCUT2D eigenvalue weighted by atomic mass is 19.1. The van der Waals surface area contributed by atoms with Crippen molar-refractivity contribution in [1.29, 1.82) is 0 Å². The summed E-state index contributed by atoms with van der Waals surface area (Å²) < 4.78 is 25.9. The summed E-state index contributed by atoms with van der Waals surface area (Å²) in [7, 11) is 0. The molecule has 0 unspecified atom stereocenters.